The van der Waals surface area contributed by atoms with Gasteiger partial charge in [0.05, 0.1) is 18.8 Å². The van der Waals surface area contributed by atoms with Gasteiger partial charge in [0, 0.05) is 0 Å². The van der Waals surface area contributed by atoms with E-state index in [1.807, 2.05) is 0 Å². The van der Waals surface area contributed by atoms with Gasteiger partial charge < -0.3 is 25.7 Å². The molecule has 0 spiro atoms. The number of amides is 1. The van der Waals surface area contributed by atoms with E-state index < -0.39 is 36.9 Å². The Morgan fingerprint density at radius 2 is 0.472 bits per heavy atom. The van der Waals surface area contributed by atoms with Crippen LogP contribution < -0.4 is 5.32 Å². The van der Waals surface area contributed by atoms with E-state index in [0.717, 1.165) is 38.5 Å². The van der Waals surface area contributed by atoms with Crippen molar-refractivity contribution in [3.8, 4) is 0 Å². The fourth-order valence-electron chi connectivity index (χ4n) is 11.1. The lowest BCUT2D eigenvalue weighted by Gasteiger charge is -2.27. The molecule has 6 nitrogen and oxygen atoms in total. The van der Waals surface area contributed by atoms with Crippen LogP contribution in [0.25, 0.3) is 0 Å². The fraction of sp³-hybridized carbons (Fsp3) is 0.985. The summed E-state index contributed by atoms with van der Waals surface area (Å²) in [7, 11) is 0. The predicted molar refractivity (Wildman–Crippen MR) is 316 cm³/mol. The summed E-state index contributed by atoms with van der Waals surface area (Å²) < 4.78 is 0. The molecule has 0 aliphatic carbocycles. The zero-order valence-corrected chi connectivity index (χ0v) is 49.2. The normalized spacial score (nSPS) is 13.5. The molecule has 0 saturated heterocycles. The number of aliphatic hydroxyl groups excluding tert-OH is 4. The molecule has 6 heteroatoms. The summed E-state index contributed by atoms with van der Waals surface area (Å²) in [6.07, 6.45) is 73.6. The first kappa shape index (κ1) is 71.3. The average Bonchev–Trinajstić information content (AvgIpc) is 3.39. The van der Waals surface area contributed by atoms with Crippen LogP contribution in [-0.2, 0) is 4.79 Å². The molecule has 0 radical (unpaired) electrons. The van der Waals surface area contributed by atoms with E-state index >= 15 is 0 Å². The summed E-state index contributed by atoms with van der Waals surface area (Å²) in [6.45, 7) is 4.12. The van der Waals surface area contributed by atoms with Gasteiger partial charge >= 0.3 is 0 Å². The van der Waals surface area contributed by atoms with Crippen LogP contribution in [0.4, 0.5) is 0 Å². The second-order valence-electron chi connectivity index (χ2n) is 23.5. The van der Waals surface area contributed by atoms with Crippen LogP contribution in [0.3, 0.4) is 0 Å². The molecule has 0 aliphatic rings. The SMILES string of the molecule is CCCCCCCCCCCCCCCCCCCCCCCCCCCCCCCCCC(O)C(=O)NC(CO)C(O)C(O)CCCCCCCCCCCCCCCCCCCCCCCCCCC. The van der Waals surface area contributed by atoms with Gasteiger partial charge in [0.15, 0.2) is 0 Å². The minimum absolute atomic E-state index is 0.377. The lowest BCUT2D eigenvalue weighted by atomic mass is 9.99. The Labute approximate surface area is 451 Å². The molecule has 0 heterocycles. The summed E-state index contributed by atoms with van der Waals surface area (Å²) in [4.78, 5) is 12.6. The van der Waals surface area contributed by atoms with Crippen LogP contribution in [0.15, 0.2) is 0 Å². The van der Waals surface area contributed by atoms with Crippen LogP contribution in [-0.4, -0.2) is 57.3 Å². The van der Waals surface area contributed by atoms with Crippen molar-refractivity contribution in [2.75, 3.05) is 6.61 Å². The second-order valence-corrected chi connectivity index (χ2v) is 23.5. The number of carbonyl (C=O) groups excluding carboxylic acids is 1. The maximum Gasteiger partial charge on any atom is 0.249 e. The largest absolute Gasteiger partial charge is 0.394 e. The highest BCUT2D eigenvalue weighted by molar-refractivity contribution is 5.80. The van der Waals surface area contributed by atoms with E-state index in [9.17, 15) is 25.2 Å². The number of hydrogen-bond acceptors (Lipinski definition) is 5. The molecule has 4 atom stereocenters. The van der Waals surface area contributed by atoms with Gasteiger partial charge in [-0.1, -0.05) is 373 Å². The summed E-state index contributed by atoms with van der Waals surface area (Å²) in [5.41, 5.74) is 0. The van der Waals surface area contributed by atoms with Gasteiger partial charge in [-0.25, -0.2) is 0 Å². The van der Waals surface area contributed by atoms with Crippen molar-refractivity contribution in [1.29, 1.82) is 0 Å². The van der Waals surface area contributed by atoms with Crippen molar-refractivity contribution in [2.24, 2.45) is 0 Å². The number of unbranched alkanes of at least 4 members (excludes halogenated alkanes) is 54. The molecule has 0 aromatic rings. The molecule has 4 unspecified atom stereocenters. The van der Waals surface area contributed by atoms with Gasteiger partial charge in [0.1, 0.15) is 12.2 Å². The standard InChI is InChI=1S/C66H133NO5/c1-3-5-7-9-11-13-15-17-19-21-23-25-27-29-30-31-32-33-34-36-38-40-42-44-46-48-50-52-54-56-58-60-64(70)66(72)67-62(61-68)65(71)63(69)59-57-55-53-51-49-47-45-43-41-39-37-35-28-26-24-22-20-18-16-14-12-10-8-6-4-2/h62-65,68-71H,3-61H2,1-2H3,(H,67,72). The maximum absolute atomic E-state index is 12.6. The lowest BCUT2D eigenvalue weighted by molar-refractivity contribution is -0.132. The highest BCUT2D eigenvalue weighted by Crippen LogP contribution is 2.20. The van der Waals surface area contributed by atoms with E-state index in [2.05, 4.69) is 19.2 Å². The molecule has 1 amide bonds. The van der Waals surface area contributed by atoms with E-state index in [1.54, 1.807) is 0 Å². The van der Waals surface area contributed by atoms with Crippen molar-refractivity contribution in [3.63, 3.8) is 0 Å². The van der Waals surface area contributed by atoms with Crippen LogP contribution in [0.2, 0.25) is 0 Å². The quantitative estimate of drug-likeness (QED) is 0.0390. The highest BCUT2D eigenvalue weighted by Gasteiger charge is 2.28. The first-order valence-corrected chi connectivity index (χ1v) is 33.4. The summed E-state index contributed by atoms with van der Waals surface area (Å²) in [5, 5.41) is 44.2. The predicted octanol–water partition coefficient (Wildman–Crippen LogP) is 20.2. The molecule has 0 aromatic heterocycles. The molecule has 72 heavy (non-hydrogen) atoms. The van der Waals surface area contributed by atoms with Gasteiger partial charge in [0.2, 0.25) is 5.91 Å². The molecule has 5 N–H and O–H groups in total. The van der Waals surface area contributed by atoms with Crippen molar-refractivity contribution in [2.45, 2.75) is 411 Å². The van der Waals surface area contributed by atoms with Crippen molar-refractivity contribution < 1.29 is 25.2 Å². The van der Waals surface area contributed by atoms with E-state index in [0.29, 0.717) is 12.8 Å². The Kier molecular flexibility index (Phi) is 60.6. The Hall–Kier alpha value is -0.690. The average molecular weight is 1020 g/mol. The molecule has 0 bridgehead atoms. The van der Waals surface area contributed by atoms with Crippen LogP contribution in [0.5, 0.6) is 0 Å². The zero-order chi connectivity index (χ0) is 52.3. The topological polar surface area (TPSA) is 110 Å². The molecule has 0 fully saturated rings. The van der Waals surface area contributed by atoms with Crippen molar-refractivity contribution >= 4 is 5.91 Å². The molecule has 0 aromatic carbocycles. The third kappa shape index (κ3) is 54.1. The van der Waals surface area contributed by atoms with Gasteiger partial charge in [-0.3, -0.25) is 4.79 Å². The maximum atomic E-state index is 12.6. The zero-order valence-electron chi connectivity index (χ0n) is 49.2. The number of carbonyl (C=O) groups is 1. The van der Waals surface area contributed by atoms with Gasteiger partial charge in [-0.05, 0) is 12.8 Å². The monoisotopic (exact) mass is 1020 g/mol. The van der Waals surface area contributed by atoms with E-state index in [4.69, 9.17) is 0 Å². The molecule has 0 aliphatic heterocycles. The first-order chi connectivity index (χ1) is 35.5. The third-order valence-electron chi connectivity index (χ3n) is 16.3. The highest BCUT2D eigenvalue weighted by atomic mass is 16.3. The molecule has 432 valence electrons. The summed E-state index contributed by atoms with van der Waals surface area (Å²) in [5.74, 6) is -0.573. The molecular weight excluding hydrogens is 887 g/mol. The number of aliphatic hydroxyl groups is 4. The number of rotatable bonds is 63. The van der Waals surface area contributed by atoms with E-state index in [1.165, 1.54) is 321 Å². The molecular formula is C66H133NO5. The van der Waals surface area contributed by atoms with Gasteiger partial charge in [-0.15, -0.1) is 0 Å². The molecule has 0 saturated carbocycles. The van der Waals surface area contributed by atoms with Gasteiger partial charge in [-0.2, -0.15) is 0 Å². The Morgan fingerprint density at radius 3 is 0.667 bits per heavy atom. The number of hydrogen-bond donors (Lipinski definition) is 5. The van der Waals surface area contributed by atoms with Crippen LogP contribution >= 0.6 is 0 Å². The lowest BCUT2D eigenvalue weighted by Crippen LogP contribution is -2.53. The van der Waals surface area contributed by atoms with Crippen molar-refractivity contribution in [3.05, 3.63) is 0 Å². The number of nitrogens with one attached hydrogen (secondary N) is 1. The smallest absolute Gasteiger partial charge is 0.249 e. The Morgan fingerprint density at radius 1 is 0.292 bits per heavy atom. The Bertz CT molecular complexity index is 1010. The van der Waals surface area contributed by atoms with Crippen LogP contribution in [0.1, 0.15) is 386 Å². The summed E-state index contributed by atoms with van der Waals surface area (Å²) in [6, 6.07) is -0.982. The minimum Gasteiger partial charge on any atom is -0.394 e. The minimum atomic E-state index is -1.26. The fourth-order valence-corrected chi connectivity index (χ4v) is 11.1. The van der Waals surface area contributed by atoms with Gasteiger partial charge in [0.25, 0.3) is 0 Å². The Balaban J connectivity index is 3.52. The third-order valence-corrected chi connectivity index (χ3v) is 16.3. The van der Waals surface area contributed by atoms with Crippen LogP contribution in [0, 0.1) is 0 Å². The first-order valence-electron chi connectivity index (χ1n) is 33.4. The molecule has 0 rings (SSSR count). The van der Waals surface area contributed by atoms with Crippen molar-refractivity contribution in [1.82, 2.24) is 5.32 Å². The second kappa shape index (κ2) is 61.2. The summed E-state index contributed by atoms with van der Waals surface area (Å²) >= 11 is 0. The van der Waals surface area contributed by atoms with E-state index in [-0.39, 0.29) is 0 Å².